The highest BCUT2D eigenvalue weighted by Gasteiger charge is 2.29. The molecule has 0 aromatic heterocycles. The van der Waals surface area contributed by atoms with Crippen molar-refractivity contribution in [1.29, 1.82) is 0 Å². The van der Waals surface area contributed by atoms with Crippen molar-refractivity contribution in [3.05, 3.63) is 72.3 Å². The minimum Gasteiger partial charge on any atom is -0.457 e. The van der Waals surface area contributed by atoms with E-state index >= 15 is 0 Å². The van der Waals surface area contributed by atoms with Crippen molar-refractivity contribution in [2.24, 2.45) is 0 Å². The van der Waals surface area contributed by atoms with Crippen molar-refractivity contribution in [2.75, 3.05) is 6.61 Å². The molecule has 2 aromatic rings. The molecule has 33 heavy (non-hydrogen) atoms. The Balaban J connectivity index is 1.44. The Labute approximate surface area is 194 Å². The standard InChI is InChI=1S/C25H31N3O5/c1-17(2)27-25(31)28-22-13-12-21(33-23(22)16-29)14-24(30)26-15-18-8-10-20(11-9-18)32-19-6-4-3-5-7-19/h3-13,17,21-23,29H,14-16H2,1-2H3,(H,26,30)(H2,27,28,31)/t21-,22+,23-/m1/s1. The molecule has 0 saturated heterocycles. The van der Waals surface area contributed by atoms with Gasteiger partial charge < -0.3 is 30.5 Å². The van der Waals surface area contributed by atoms with Crippen LogP contribution < -0.4 is 20.7 Å². The summed E-state index contributed by atoms with van der Waals surface area (Å²) in [5, 5.41) is 18.0. The molecule has 3 atom stereocenters. The number of nitrogens with one attached hydrogen (secondary N) is 3. The second kappa shape index (κ2) is 12.0. The van der Waals surface area contributed by atoms with Gasteiger partial charge in [-0.15, -0.1) is 0 Å². The Hall–Kier alpha value is -3.36. The maximum absolute atomic E-state index is 12.4. The van der Waals surface area contributed by atoms with Gasteiger partial charge in [-0.1, -0.05) is 42.5 Å². The summed E-state index contributed by atoms with van der Waals surface area (Å²) in [6, 6.07) is 16.2. The van der Waals surface area contributed by atoms with E-state index in [-0.39, 0.29) is 31.0 Å². The van der Waals surface area contributed by atoms with Gasteiger partial charge in [0.05, 0.1) is 25.2 Å². The first-order chi connectivity index (χ1) is 15.9. The number of hydrogen-bond acceptors (Lipinski definition) is 5. The molecular weight excluding hydrogens is 422 g/mol. The molecule has 8 nitrogen and oxygen atoms in total. The molecule has 3 amide bonds. The van der Waals surface area contributed by atoms with Crippen LogP contribution in [0.25, 0.3) is 0 Å². The van der Waals surface area contributed by atoms with Crippen LogP contribution in [-0.4, -0.2) is 47.9 Å². The molecule has 0 aliphatic carbocycles. The van der Waals surface area contributed by atoms with Gasteiger partial charge in [-0.25, -0.2) is 4.79 Å². The summed E-state index contributed by atoms with van der Waals surface area (Å²) in [4.78, 5) is 24.3. The Kier molecular flexibility index (Phi) is 8.86. The topological polar surface area (TPSA) is 109 Å². The van der Waals surface area contributed by atoms with Crippen LogP contribution in [0.4, 0.5) is 4.79 Å². The summed E-state index contributed by atoms with van der Waals surface area (Å²) in [6.07, 6.45) is 2.51. The summed E-state index contributed by atoms with van der Waals surface area (Å²) >= 11 is 0. The highest BCUT2D eigenvalue weighted by Crippen LogP contribution is 2.21. The fourth-order valence-corrected chi connectivity index (χ4v) is 3.35. The van der Waals surface area contributed by atoms with E-state index in [1.807, 2.05) is 68.4 Å². The van der Waals surface area contributed by atoms with Crippen LogP contribution in [-0.2, 0) is 16.1 Å². The van der Waals surface area contributed by atoms with Crippen LogP contribution in [0.2, 0.25) is 0 Å². The van der Waals surface area contributed by atoms with Gasteiger partial charge in [-0.3, -0.25) is 4.79 Å². The molecule has 4 N–H and O–H groups in total. The number of aliphatic hydroxyl groups is 1. The van der Waals surface area contributed by atoms with Gasteiger partial charge in [0.1, 0.15) is 17.6 Å². The van der Waals surface area contributed by atoms with Crippen molar-refractivity contribution in [3.63, 3.8) is 0 Å². The first-order valence-electron chi connectivity index (χ1n) is 11.0. The van der Waals surface area contributed by atoms with Crippen molar-refractivity contribution in [1.82, 2.24) is 16.0 Å². The third-order valence-corrected chi connectivity index (χ3v) is 4.96. The molecule has 2 aromatic carbocycles. The molecule has 1 aliphatic rings. The van der Waals surface area contributed by atoms with E-state index in [1.165, 1.54) is 0 Å². The molecule has 0 fully saturated rings. The zero-order chi connectivity index (χ0) is 23.6. The Morgan fingerprint density at radius 1 is 1.03 bits per heavy atom. The predicted molar refractivity (Wildman–Crippen MR) is 125 cm³/mol. The minimum atomic E-state index is -0.622. The van der Waals surface area contributed by atoms with Crippen molar-refractivity contribution in [2.45, 2.75) is 51.1 Å². The van der Waals surface area contributed by atoms with Crippen LogP contribution >= 0.6 is 0 Å². The molecule has 0 spiro atoms. The number of ether oxygens (including phenoxy) is 2. The molecule has 8 heteroatoms. The average Bonchev–Trinajstić information content (AvgIpc) is 2.80. The zero-order valence-electron chi connectivity index (χ0n) is 18.9. The molecule has 3 rings (SSSR count). The Bertz CT molecular complexity index is 931. The van der Waals surface area contributed by atoms with Crippen molar-refractivity contribution in [3.8, 4) is 11.5 Å². The summed E-state index contributed by atoms with van der Waals surface area (Å²) in [7, 11) is 0. The summed E-state index contributed by atoms with van der Waals surface area (Å²) in [5.41, 5.74) is 0.942. The predicted octanol–water partition coefficient (Wildman–Crippen LogP) is 2.88. The van der Waals surface area contributed by atoms with Crippen molar-refractivity contribution < 1.29 is 24.2 Å². The van der Waals surface area contributed by atoms with Gasteiger partial charge in [0.25, 0.3) is 0 Å². The van der Waals surface area contributed by atoms with E-state index in [0.29, 0.717) is 6.54 Å². The van der Waals surface area contributed by atoms with E-state index in [2.05, 4.69) is 16.0 Å². The number of carbonyl (C=O) groups excluding carboxylic acids is 2. The van der Waals surface area contributed by atoms with Crippen LogP contribution in [0.3, 0.4) is 0 Å². The number of aliphatic hydroxyl groups excluding tert-OH is 1. The monoisotopic (exact) mass is 453 g/mol. The summed E-state index contributed by atoms with van der Waals surface area (Å²) in [5.74, 6) is 1.31. The molecule has 0 bridgehead atoms. The molecule has 0 unspecified atom stereocenters. The number of amides is 3. The SMILES string of the molecule is CC(C)NC(=O)N[C@H]1C=C[C@H](CC(=O)NCc2ccc(Oc3ccccc3)cc2)O[C@@H]1CO. The minimum absolute atomic E-state index is 0.00454. The van der Waals surface area contributed by atoms with Crippen LogP contribution in [0.15, 0.2) is 66.7 Å². The second-order valence-corrected chi connectivity index (χ2v) is 8.12. The normalized spacial score (nSPS) is 19.7. The third-order valence-electron chi connectivity index (χ3n) is 4.96. The maximum atomic E-state index is 12.4. The smallest absolute Gasteiger partial charge is 0.315 e. The largest absolute Gasteiger partial charge is 0.457 e. The van der Waals surface area contributed by atoms with Gasteiger partial charge >= 0.3 is 6.03 Å². The van der Waals surface area contributed by atoms with Gasteiger partial charge in [0, 0.05) is 12.6 Å². The fraction of sp³-hybridized carbons (Fsp3) is 0.360. The van der Waals surface area contributed by atoms with Gasteiger partial charge in [-0.2, -0.15) is 0 Å². The van der Waals surface area contributed by atoms with Crippen LogP contribution in [0.1, 0.15) is 25.8 Å². The van der Waals surface area contributed by atoms with E-state index < -0.39 is 18.2 Å². The summed E-state index contributed by atoms with van der Waals surface area (Å²) < 4.78 is 11.6. The molecule has 0 saturated carbocycles. The number of carbonyl (C=O) groups is 2. The second-order valence-electron chi connectivity index (χ2n) is 8.12. The molecular formula is C25H31N3O5. The maximum Gasteiger partial charge on any atom is 0.315 e. The highest BCUT2D eigenvalue weighted by atomic mass is 16.5. The van der Waals surface area contributed by atoms with Gasteiger partial charge in [-0.05, 0) is 43.7 Å². The molecule has 1 heterocycles. The van der Waals surface area contributed by atoms with Gasteiger partial charge in [0.2, 0.25) is 5.91 Å². The lowest BCUT2D eigenvalue weighted by atomic mass is 10.0. The van der Waals surface area contributed by atoms with Crippen molar-refractivity contribution >= 4 is 11.9 Å². The summed E-state index contributed by atoms with van der Waals surface area (Å²) in [6.45, 7) is 3.83. The quantitative estimate of drug-likeness (QED) is 0.437. The average molecular weight is 454 g/mol. The van der Waals surface area contributed by atoms with E-state index in [0.717, 1.165) is 17.1 Å². The molecule has 176 valence electrons. The third kappa shape index (κ3) is 7.93. The first-order valence-corrected chi connectivity index (χ1v) is 11.0. The van der Waals surface area contributed by atoms with Crippen LogP contribution in [0, 0.1) is 0 Å². The Morgan fingerprint density at radius 2 is 1.73 bits per heavy atom. The van der Waals surface area contributed by atoms with E-state index in [1.54, 1.807) is 12.2 Å². The number of rotatable bonds is 9. The lowest BCUT2D eigenvalue weighted by molar-refractivity contribution is -0.125. The lowest BCUT2D eigenvalue weighted by Crippen LogP contribution is -2.52. The molecule has 0 radical (unpaired) electrons. The van der Waals surface area contributed by atoms with E-state index in [9.17, 15) is 14.7 Å². The lowest BCUT2D eigenvalue weighted by Gasteiger charge is -2.31. The number of benzene rings is 2. The molecule has 1 aliphatic heterocycles. The highest BCUT2D eigenvalue weighted by molar-refractivity contribution is 5.77. The number of para-hydroxylation sites is 1. The van der Waals surface area contributed by atoms with E-state index in [4.69, 9.17) is 9.47 Å². The Morgan fingerprint density at radius 3 is 2.39 bits per heavy atom. The number of hydrogen-bond donors (Lipinski definition) is 4. The zero-order valence-corrected chi connectivity index (χ0v) is 18.9. The van der Waals surface area contributed by atoms with Gasteiger partial charge in [0.15, 0.2) is 0 Å². The first kappa shape index (κ1) is 24.3. The number of urea groups is 1. The fourth-order valence-electron chi connectivity index (χ4n) is 3.35. The van der Waals surface area contributed by atoms with Crippen LogP contribution in [0.5, 0.6) is 11.5 Å².